The van der Waals surface area contributed by atoms with Crippen LogP contribution in [-0.2, 0) is 4.79 Å². The predicted molar refractivity (Wildman–Crippen MR) is 110 cm³/mol. The molecular weight excluding hydrogens is 358 g/mol. The van der Waals surface area contributed by atoms with E-state index in [2.05, 4.69) is 10.4 Å². The molecule has 2 aromatic heterocycles. The van der Waals surface area contributed by atoms with E-state index >= 15 is 0 Å². The van der Waals surface area contributed by atoms with E-state index < -0.39 is 6.04 Å². The molecular formula is C21H25N3O2S. The third-order valence-corrected chi connectivity index (χ3v) is 6.83. The average molecular weight is 384 g/mol. The number of fused-ring (bicyclic) bond motifs is 3. The number of hydrogen-bond acceptors (Lipinski definition) is 4. The normalized spacial score (nSPS) is 17.1. The van der Waals surface area contributed by atoms with Crippen LogP contribution >= 0.6 is 11.3 Å². The molecule has 142 valence electrons. The van der Waals surface area contributed by atoms with Gasteiger partial charge in [-0.25, -0.2) is 4.68 Å². The molecule has 3 aromatic rings. The SMILES string of the molecule is Cc1nn(C(C)C(=O)NC2CCCCCC2)c(=O)c2c1sc1ccccc12. The first kappa shape index (κ1) is 18.2. The molecule has 1 fully saturated rings. The molecule has 0 spiro atoms. The fourth-order valence-corrected chi connectivity index (χ4v) is 5.13. The number of nitrogens with one attached hydrogen (secondary N) is 1. The molecule has 1 N–H and O–H groups in total. The van der Waals surface area contributed by atoms with Crippen molar-refractivity contribution in [3.63, 3.8) is 0 Å². The second-order valence-corrected chi connectivity index (χ2v) is 8.56. The van der Waals surface area contributed by atoms with Gasteiger partial charge in [-0.1, -0.05) is 43.9 Å². The Morgan fingerprint density at radius 2 is 1.93 bits per heavy atom. The largest absolute Gasteiger partial charge is 0.352 e. The summed E-state index contributed by atoms with van der Waals surface area (Å²) in [6, 6.07) is 7.49. The van der Waals surface area contributed by atoms with Crippen LogP contribution in [-0.4, -0.2) is 21.7 Å². The summed E-state index contributed by atoms with van der Waals surface area (Å²) in [6.45, 7) is 3.67. The smallest absolute Gasteiger partial charge is 0.276 e. The monoisotopic (exact) mass is 383 g/mol. The quantitative estimate of drug-likeness (QED) is 0.685. The van der Waals surface area contributed by atoms with Crippen LogP contribution in [0.1, 0.15) is 57.2 Å². The number of thiophene rings is 1. The highest BCUT2D eigenvalue weighted by Gasteiger charge is 2.24. The molecule has 1 saturated carbocycles. The molecule has 1 aliphatic carbocycles. The van der Waals surface area contributed by atoms with Gasteiger partial charge in [0.15, 0.2) is 0 Å². The minimum atomic E-state index is -0.623. The van der Waals surface area contributed by atoms with E-state index in [0.29, 0.717) is 5.39 Å². The third kappa shape index (κ3) is 3.38. The van der Waals surface area contributed by atoms with Crippen molar-refractivity contribution in [3.8, 4) is 0 Å². The Hall–Kier alpha value is -2.21. The van der Waals surface area contributed by atoms with E-state index in [0.717, 1.165) is 46.2 Å². The van der Waals surface area contributed by atoms with Crippen LogP contribution in [0.25, 0.3) is 20.2 Å². The van der Waals surface area contributed by atoms with Crippen LogP contribution in [0.2, 0.25) is 0 Å². The number of benzene rings is 1. The molecule has 4 rings (SSSR count). The van der Waals surface area contributed by atoms with E-state index in [1.807, 2.05) is 31.2 Å². The molecule has 2 heterocycles. The lowest BCUT2D eigenvalue weighted by Gasteiger charge is -2.20. The Morgan fingerprint density at radius 3 is 2.67 bits per heavy atom. The minimum absolute atomic E-state index is 0.116. The van der Waals surface area contributed by atoms with Crippen molar-refractivity contribution in [1.82, 2.24) is 15.1 Å². The molecule has 1 unspecified atom stereocenters. The summed E-state index contributed by atoms with van der Waals surface area (Å²) in [7, 11) is 0. The van der Waals surface area contributed by atoms with Crippen molar-refractivity contribution in [2.24, 2.45) is 0 Å². The fraction of sp³-hybridized carbons (Fsp3) is 0.476. The highest BCUT2D eigenvalue weighted by molar-refractivity contribution is 7.26. The molecule has 0 saturated heterocycles. The first-order valence-corrected chi connectivity index (χ1v) is 10.6. The van der Waals surface area contributed by atoms with Gasteiger partial charge >= 0.3 is 0 Å². The number of hydrogen-bond donors (Lipinski definition) is 1. The maximum Gasteiger partial charge on any atom is 0.276 e. The van der Waals surface area contributed by atoms with Crippen molar-refractivity contribution in [2.45, 2.75) is 64.5 Å². The zero-order valence-electron chi connectivity index (χ0n) is 15.8. The second kappa shape index (κ2) is 7.43. The summed E-state index contributed by atoms with van der Waals surface area (Å²) in [5, 5.41) is 9.25. The molecule has 0 radical (unpaired) electrons. The van der Waals surface area contributed by atoms with Gasteiger partial charge in [-0.2, -0.15) is 5.10 Å². The molecule has 0 aliphatic heterocycles. The number of nitrogens with zero attached hydrogens (tertiary/aromatic N) is 2. The maximum absolute atomic E-state index is 13.2. The summed E-state index contributed by atoms with van der Waals surface area (Å²) < 4.78 is 3.35. The van der Waals surface area contributed by atoms with Gasteiger partial charge < -0.3 is 5.32 Å². The molecule has 0 bridgehead atoms. The van der Waals surface area contributed by atoms with Gasteiger partial charge in [0.25, 0.3) is 5.56 Å². The Balaban J connectivity index is 1.70. The number of carbonyl (C=O) groups is 1. The molecule has 6 heteroatoms. The van der Waals surface area contributed by atoms with Crippen LogP contribution in [0.15, 0.2) is 29.1 Å². The number of carbonyl (C=O) groups excluding carboxylic acids is 1. The van der Waals surface area contributed by atoms with Crippen molar-refractivity contribution >= 4 is 37.4 Å². The predicted octanol–water partition coefficient (Wildman–Crippen LogP) is 4.32. The Labute approximate surface area is 162 Å². The summed E-state index contributed by atoms with van der Waals surface area (Å²) in [4.78, 5) is 26.0. The van der Waals surface area contributed by atoms with E-state index in [9.17, 15) is 9.59 Å². The average Bonchev–Trinajstić information content (AvgIpc) is 2.88. The summed E-state index contributed by atoms with van der Waals surface area (Å²) in [5.41, 5.74) is 0.608. The summed E-state index contributed by atoms with van der Waals surface area (Å²) >= 11 is 1.59. The van der Waals surface area contributed by atoms with Gasteiger partial charge in [-0.05, 0) is 32.8 Å². The lowest BCUT2D eigenvalue weighted by molar-refractivity contribution is -0.125. The number of amides is 1. The lowest BCUT2D eigenvalue weighted by Crippen LogP contribution is -2.42. The zero-order chi connectivity index (χ0) is 19.0. The summed E-state index contributed by atoms with van der Waals surface area (Å²) in [6.07, 6.45) is 6.84. The van der Waals surface area contributed by atoms with Gasteiger partial charge in [0.1, 0.15) is 6.04 Å². The second-order valence-electron chi connectivity index (χ2n) is 7.51. The first-order chi connectivity index (χ1) is 13.1. The lowest BCUT2D eigenvalue weighted by atomic mass is 10.1. The number of rotatable bonds is 3. The van der Waals surface area contributed by atoms with Crippen molar-refractivity contribution in [1.29, 1.82) is 0 Å². The Kier molecular flexibility index (Phi) is 5.00. The summed E-state index contributed by atoms with van der Waals surface area (Å²) in [5.74, 6) is -0.116. The van der Waals surface area contributed by atoms with Gasteiger partial charge in [0.05, 0.1) is 15.8 Å². The molecule has 1 aromatic carbocycles. The highest BCUT2D eigenvalue weighted by Crippen LogP contribution is 2.32. The maximum atomic E-state index is 13.2. The van der Waals surface area contributed by atoms with Crippen LogP contribution in [0, 0.1) is 6.92 Å². The standard InChI is InChI=1S/C21H25N3O2S/c1-13-19-18(16-11-7-8-12-17(16)27-19)21(26)24(23-13)14(2)20(25)22-15-9-5-3-4-6-10-15/h7-8,11-12,14-15H,3-6,9-10H2,1-2H3,(H,22,25). The Bertz CT molecular complexity index is 1040. The fourth-order valence-electron chi connectivity index (χ4n) is 4.00. The first-order valence-electron chi connectivity index (χ1n) is 9.77. The van der Waals surface area contributed by atoms with E-state index in [1.54, 1.807) is 18.3 Å². The van der Waals surface area contributed by atoms with Gasteiger partial charge in [-0.3, -0.25) is 9.59 Å². The topological polar surface area (TPSA) is 64.0 Å². The van der Waals surface area contributed by atoms with E-state index in [4.69, 9.17) is 0 Å². The minimum Gasteiger partial charge on any atom is -0.352 e. The Morgan fingerprint density at radius 1 is 1.22 bits per heavy atom. The number of aromatic nitrogens is 2. The van der Waals surface area contributed by atoms with Gasteiger partial charge in [0.2, 0.25) is 5.91 Å². The molecule has 1 aliphatic rings. The van der Waals surface area contributed by atoms with Crippen molar-refractivity contribution in [3.05, 3.63) is 40.3 Å². The van der Waals surface area contributed by atoms with Crippen LogP contribution in [0.4, 0.5) is 0 Å². The molecule has 5 nitrogen and oxygen atoms in total. The van der Waals surface area contributed by atoms with E-state index in [1.165, 1.54) is 17.5 Å². The van der Waals surface area contributed by atoms with Gasteiger partial charge in [0, 0.05) is 16.1 Å². The molecule has 27 heavy (non-hydrogen) atoms. The van der Waals surface area contributed by atoms with Crippen LogP contribution in [0.5, 0.6) is 0 Å². The van der Waals surface area contributed by atoms with Crippen LogP contribution < -0.4 is 10.9 Å². The molecule has 1 amide bonds. The van der Waals surface area contributed by atoms with Crippen molar-refractivity contribution < 1.29 is 4.79 Å². The van der Waals surface area contributed by atoms with Crippen molar-refractivity contribution in [2.75, 3.05) is 0 Å². The number of aryl methyl sites for hydroxylation is 1. The third-order valence-electron chi connectivity index (χ3n) is 5.55. The van der Waals surface area contributed by atoms with Gasteiger partial charge in [-0.15, -0.1) is 11.3 Å². The highest BCUT2D eigenvalue weighted by atomic mass is 32.1. The van der Waals surface area contributed by atoms with E-state index in [-0.39, 0.29) is 17.5 Å². The zero-order valence-corrected chi connectivity index (χ0v) is 16.6. The molecule has 1 atom stereocenters. The van der Waals surface area contributed by atoms with Crippen LogP contribution in [0.3, 0.4) is 0 Å².